The summed E-state index contributed by atoms with van der Waals surface area (Å²) in [7, 11) is -3.09. The van der Waals surface area contributed by atoms with E-state index >= 15 is 0 Å². The number of hydrogen-bond donors (Lipinski definition) is 1. The SMILES string of the molecule is NCC(Cl)CS(=O)(=O)CCCl. The van der Waals surface area contributed by atoms with Crippen molar-refractivity contribution in [1.82, 2.24) is 0 Å². The first-order valence-corrected chi connectivity index (χ1v) is 5.91. The molecule has 0 radical (unpaired) electrons. The largest absolute Gasteiger partial charge is 0.329 e. The van der Waals surface area contributed by atoms with Crippen LogP contribution < -0.4 is 5.73 Å². The summed E-state index contributed by atoms with van der Waals surface area (Å²) in [6.45, 7) is 0.170. The van der Waals surface area contributed by atoms with Gasteiger partial charge >= 0.3 is 0 Å². The topological polar surface area (TPSA) is 60.2 Å². The van der Waals surface area contributed by atoms with Crippen molar-refractivity contribution in [2.24, 2.45) is 5.73 Å². The van der Waals surface area contributed by atoms with Crippen LogP contribution in [0.15, 0.2) is 0 Å². The zero-order valence-corrected chi connectivity index (χ0v) is 8.29. The predicted molar refractivity (Wildman–Crippen MR) is 48.1 cm³/mol. The van der Waals surface area contributed by atoms with Gasteiger partial charge in [0.15, 0.2) is 9.84 Å². The summed E-state index contributed by atoms with van der Waals surface area (Å²) in [5.74, 6) is -0.00787. The highest BCUT2D eigenvalue weighted by molar-refractivity contribution is 7.91. The van der Waals surface area contributed by atoms with Crippen LogP contribution in [-0.4, -0.2) is 37.7 Å². The van der Waals surface area contributed by atoms with Crippen LogP contribution in [0.25, 0.3) is 0 Å². The van der Waals surface area contributed by atoms with Crippen molar-refractivity contribution in [2.45, 2.75) is 5.38 Å². The molecule has 11 heavy (non-hydrogen) atoms. The van der Waals surface area contributed by atoms with Gasteiger partial charge in [-0.1, -0.05) is 0 Å². The van der Waals surface area contributed by atoms with E-state index in [0.717, 1.165) is 0 Å². The van der Waals surface area contributed by atoms with E-state index in [1.54, 1.807) is 0 Å². The molecule has 3 nitrogen and oxygen atoms in total. The van der Waals surface area contributed by atoms with E-state index in [-0.39, 0.29) is 23.9 Å². The second kappa shape index (κ2) is 5.19. The van der Waals surface area contributed by atoms with E-state index in [2.05, 4.69) is 0 Å². The van der Waals surface area contributed by atoms with Gasteiger partial charge in [-0.25, -0.2) is 8.42 Å². The second-order valence-electron chi connectivity index (χ2n) is 2.14. The van der Waals surface area contributed by atoms with Crippen molar-refractivity contribution in [3.8, 4) is 0 Å². The summed E-state index contributed by atoms with van der Waals surface area (Å²) >= 11 is 10.8. The molecule has 0 aliphatic heterocycles. The van der Waals surface area contributed by atoms with Gasteiger partial charge in [-0.05, 0) is 0 Å². The molecule has 0 fully saturated rings. The van der Waals surface area contributed by atoms with E-state index in [1.807, 2.05) is 0 Å². The minimum atomic E-state index is -3.09. The number of sulfone groups is 1. The zero-order chi connectivity index (χ0) is 8.91. The maximum atomic E-state index is 11.0. The Morgan fingerprint density at radius 3 is 2.36 bits per heavy atom. The molecule has 0 aromatic carbocycles. The van der Waals surface area contributed by atoms with Gasteiger partial charge in [-0.3, -0.25) is 0 Å². The van der Waals surface area contributed by atoms with Crippen LogP contribution in [0.4, 0.5) is 0 Å². The molecule has 0 aliphatic rings. The van der Waals surface area contributed by atoms with Crippen LogP contribution in [0.2, 0.25) is 0 Å². The Hall–Kier alpha value is 0.490. The maximum absolute atomic E-state index is 11.0. The highest BCUT2D eigenvalue weighted by atomic mass is 35.5. The number of rotatable bonds is 5. The Morgan fingerprint density at radius 1 is 1.45 bits per heavy atom. The van der Waals surface area contributed by atoms with Crippen LogP contribution >= 0.6 is 23.2 Å². The smallest absolute Gasteiger partial charge is 0.152 e. The maximum Gasteiger partial charge on any atom is 0.152 e. The molecule has 0 saturated carbocycles. The van der Waals surface area contributed by atoms with E-state index < -0.39 is 15.2 Å². The molecule has 1 unspecified atom stereocenters. The highest BCUT2D eigenvalue weighted by Crippen LogP contribution is 2.00. The first kappa shape index (κ1) is 11.5. The number of alkyl halides is 2. The third-order valence-corrected chi connectivity index (χ3v) is 3.74. The molecule has 0 rings (SSSR count). The summed E-state index contributed by atoms with van der Waals surface area (Å²) in [5, 5.41) is -0.497. The molecule has 0 aliphatic carbocycles. The molecule has 2 N–H and O–H groups in total. The standard InChI is InChI=1S/C5H11Cl2NO2S/c6-1-2-11(9,10)4-5(7)3-8/h5H,1-4,8H2. The van der Waals surface area contributed by atoms with Crippen LogP contribution in [0.3, 0.4) is 0 Å². The molecule has 1 atom stereocenters. The first-order chi connectivity index (χ1) is 5.02. The van der Waals surface area contributed by atoms with Gasteiger partial charge in [0.2, 0.25) is 0 Å². The van der Waals surface area contributed by atoms with Gasteiger partial charge in [0.1, 0.15) is 0 Å². The predicted octanol–water partition coefficient (Wildman–Crippen LogP) is 0.206. The molecular formula is C5H11Cl2NO2S. The Balaban J connectivity index is 3.92. The summed E-state index contributed by atoms with van der Waals surface area (Å²) in [5.41, 5.74) is 5.15. The number of hydrogen-bond acceptors (Lipinski definition) is 3. The Bertz CT molecular complexity index is 193. The molecule has 0 saturated heterocycles. The molecule has 0 bridgehead atoms. The lowest BCUT2D eigenvalue weighted by molar-refractivity contribution is 0.595. The molecule has 68 valence electrons. The van der Waals surface area contributed by atoms with Crippen molar-refractivity contribution >= 4 is 33.0 Å². The third kappa shape index (κ3) is 5.73. The Morgan fingerprint density at radius 2 is 2.00 bits per heavy atom. The molecule has 6 heteroatoms. The van der Waals surface area contributed by atoms with E-state index in [9.17, 15) is 8.42 Å². The number of halogens is 2. The van der Waals surface area contributed by atoms with Crippen molar-refractivity contribution in [1.29, 1.82) is 0 Å². The third-order valence-electron chi connectivity index (χ3n) is 1.08. The lowest BCUT2D eigenvalue weighted by Crippen LogP contribution is -2.25. The van der Waals surface area contributed by atoms with Crippen molar-refractivity contribution in [3.05, 3.63) is 0 Å². The second-order valence-corrected chi connectivity index (χ2v) is 5.36. The fourth-order valence-electron chi connectivity index (χ4n) is 0.544. The van der Waals surface area contributed by atoms with Crippen molar-refractivity contribution in [2.75, 3.05) is 23.9 Å². The minimum Gasteiger partial charge on any atom is -0.329 e. The monoisotopic (exact) mass is 219 g/mol. The van der Waals surface area contributed by atoms with Crippen molar-refractivity contribution in [3.63, 3.8) is 0 Å². The molecule has 0 aromatic heterocycles. The Labute approximate surface area is 76.8 Å². The first-order valence-electron chi connectivity index (χ1n) is 3.12. The van der Waals surface area contributed by atoms with Crippen LogP contribution in [-0.2, 0) is 9.84 Å². The Kier molecular flexibility index (Phi) is 5.42. The van der Waals surface area contributed by atoms with Gasteiger partial charge in [0, 0.05) is 12.4 Å². The highest BCUT2D eigenvalue weighted by Gasteiger charge is 2.15. The molecule has 0 heterocycles. The lowest BCUT2D eigenvalue weighted by atomic mass is 10.5. The van der Waals surface area contributed by atoms with Crippen LogP contribution in [0, 0.1) is 0 Å². The molecule has 0 aromatic rings. The quantitative estimate of drug-likeness (QED) is 0.673. The summed E-state index contributed by atoms with van der Waals surface area (Å²) < 4.78 is 22.0. The number of nitrogens with two attached hydrogens (primary N) is 1. The van der Waals surface area contributed by atoms with Crippen LogP contribution in [0.5, 0.6) is 0 Å². The molecule has 0 amide bonds. The fourth-order valence-corrected chi connectivity index (χ4v) is 2.91. The zero-order valence-electron chi connectivity index (χ0n) is 5.96. The van der Waals surface area contributed by atoms with E-state index in [1.165, 1.54) is 0 Å². The fraction of sp³-hybridized carbons (Fsp3) is 1.00. The van der Waals surface area contributed by atoms with E-state index in [0.29, 0.717) is 0 Å². The van der Waals surface area contributed by atoms with Gasteiger partial charge in [0.05, 0.1) is 16.9 Å². The summed E-state index contributed by atoms with van der Waals surface area (Å²) in [6, 6.07) is 0. The minimum absolute atomic E-state index is 0.0300. The molecule has 0 spiro atoms. The van der Waals surface area contributed by atoms with Gasteiger partial charge < -0.3 is 5.73 Å². The van der Waals surface area contributed by atoms with Gasteiger partial charge in [0.25, 0.3) is 0 Å². The van der Waals surface area contributed by atoms with Crippen molar-refractivity contribution < 1.29 is 8.42 Å². The lowest BCUT2D eigenvalue weighted by Gasteiger charge is -2.05. The average Bonchev–Trinajstić information content (AvgIpc) is 1.86. The van der Waals surface area contributed by atoms with E-state index in [4.69, 9.17) is 28.9 Å². The summed E-state index contributed by atoms with van der Waals surface area (Å²) in [4.78, 5) is 0. The average molecular weight is 220 g/mol. The summed E-state index contributed by atoms with van der Waals surface area (Å²) in [6.07, 6.45) is 0. The molecular weight excluding hydrogens is 209 g/mol. The van der Waals surface area contributed by atoms with Crippen LogP contribution in [0.1, 0.15) is 0 Å². The van der Waals surface area contributed by atoms with Gasteiger partial charge in [-0.2, -0.15) is 0 Å². The normalized spacial score (nSPS) is 14.8. The van der Waals surface area contributed by atoms with Gasteiger partial charge in [-0.15, -0.1) is 23.2 Å².